The maximum Gasteiger partial charge on any atom is 0.307 e. The molecule has 108 valence electrons. The van der Waals surface area contributed by atoms with E-state index < -0.39 is 11.9 Å². The maximum absolute atomic E-state index is 12.7. The molecule has 0 aromatic carbocycles. The predicted molar refractivity (Wildman–Crippen MR) is 76.4 cm³/mol. The van der Waals surface area contributed by atoms with E-state index >= 15 is 0 Å². The molecule has 0 aliphatic heterocycles. The summed E-state index contributed by atoms with van der Waals surface area (Å²) in [5, 5.41) is 13.3. The Hall–Kier alpha value is -1.36. The van der Waals surface area contributed by atoms with Gasteiger partial charge in [-0.05, 0) is 48.1 Å². The van der Waals surface area contributed by atoms with Crippen molar-refractivity contribution in [1.82, 2.24) is 4.90 Å². The van der Waals surface area contributed by atoms with Crippen LogP contribution in [0.5, 0.6) is 0 Å². The Kier molecular flexibility index (Phi) is 3.78. The van der Waals surface area contributed by atoms with Crippen molar-refractivity contribution >= 4 is 23.2 Å². The minimum atomic E-state index is -0.813. The number of carbonyl (C=O) groups excluding carboxylic acids is 1. The number of hydrogen-bond donors (Lipinski definition) is 1. The van der Waals surface area contributed by atoms with E-state index in [1.165, 1.54) is 0 Å². The van der Waals surface area contributed by atoms with Crippen molar-refractivity contribution < 1.29 is 14.7 Å². The Labute approximate surface area is 122 Å². The van der Waals surface area contributed by atoms with Gasteiger partial charge in [-0.25, -0.2) is 0 Å². The predicted octanol–water partition coefficient (Wildman–Crippen LogP) is 2.74. The van der Waals surface area contributed by atoms with Crippen molar-refractivity contribution in [2.75, 3.05) is 0 Å². The van der Waals surface area contributed by atoms with Gasteiger partial charge in [-0.3, -0.25) is 9.59 Å². The maximum atomic E-state index is 12.7. The summed E-state index contributed by atoms with van der Waals surface area (Å²) in [4.78, 5) is 25.9. The molecule has 1 heterocycles. The lowest BCUT2D eigenvalue weighted by atomic mass is 9.94. The topological polar surface area (TPSA) is 57.6 Å². The van der Waals surface area contributed by atoms with Gasteiger partial charge in [-0.1, -0.05) is 6.42 Å². The van der Waals surface area contributed by atoms with Gasteiger partial charge in [0.25, 0.3) is 0 Å². The zero-order valence-corrected chi connectivity index (χ0v) is 12.1. The van der Waals surface area contributed by atoms with Crippen molar-refractivity contribution in [3.8, 4) is 0 Å². The van der Waals surface area contributed by atoms with Crippen LogP contribution < -0.4 is 0 Å². The summed E-state index contributed by atoms with van der Waals surface area (Å²) in [6, 6.07) is 2.37. The van der Waals surface area contributed by atoms with Crippen LogP contribution in [0.1, 0.15) is 37.7 Å². The minimum Gasteiger partial charge on any atom is -0.481 e. The second kappa shape index (κ2) is 5.56. The summed E-state index contributed by atoms with van der Waals surface area (Å²) in [5.41, 5.74) is 1.15. The van der Waals surface area contributed by atoms with Crippen LogP contribution >= 0.6 is 11.3 Å². The quantitative estimate of drug-likeness (QED) is 0.908. The fraction of sp³-hybridized carbons (Fsp3) is 0.600. The fourth-order valence-corrected chi connectivity index (χ4v) is 3.78. The van der Waals surface area contributed by atoms with Crippen molar-refractivity contribution in [2.24, 2.45) is 11.8 Å². The molecule has 0 bridgehead atoms. The molecule has 5 heteroatoms. The molecule has 0 saturated heterocycles. The number of amides is 1. The second-order valence-corrected chi connectivity index (χ2v) is 6.59. The lowest BCUT2D eigenvalue weighted by Gasteiger charge is -2.27. The first kappa shape index (κ1) is 13.6. The van der Waals surface area contributed by atoms with Gasteiger partial charge in [0.2, 0.25) is 5.91 Å². The van der Waals surface area contributed by atoms with Gasteiger partial charge in [0, 0.05) is 12.6 Å². The summed E-state index contributed by atoms with van der Waals surface area (Å²) < 4.78 is 0. The van der Waals surface area contributed by atoms with Crippen molar-refractivity contribution in [1.29, 1.82) is 0 Å². The first-order chi connectivity index (χ1) is 9.66. The molecule has 2 saturated carbocycles. The lowest BCUT2D eigenvalue weighted by Crippen LogP contribution is -2.40. The van der Waals surface area contributed by atoms with Crippen molar-refractivity contribution in [3.63, 3.8) is 0 Å². The van der Waals surface area contributed by atoms with Crippen LogP contribution in [0.25, 0.3) is 0 Å². The third-order valence-electron chi connectivity index (χ3n) is 4.35. The highest BCUT2D eigenvalue weighted by molar-refractivity contribution is 7.07. The Morgan fingerprint density at radius 2 is 2.00 bits per heavy atom. The number of carboxylic acid groups (broad SMARTS) is 1. The zero-order valence-electron chi connectivity index (χ0n) is 11.3. The molecule has 2 fully saturated rings. The van der Waals surface area contributed by atoms with E-state index in [0.717, 1.165) is 31.2 Å². The zero-order chi connectivity index (χ0) is 14.1. The van der Waals surface area contributed by atoms with E-state index in [-0.39, 0.29) is 11.8 Å². The standard InChI is InChI=1S/C15H19NO3S/c17-14(12-2-1-3-13(12)15(18)19)16(11-4-5-11)8-10-6-7-20-9-10/h6-7,9,11-13H,1-5,8H2,(H,18,19)/t12-,13+/m1/s1. The van der Waals surface area contributed by atoms with Crippen LogP contribution in [0.4, 0.5) is 0 Å². The van der Waals surface area contributed by atoms with Gasteiger partial charge in [-0.15, -0.1) is 0 Å². The average molecular weight is 293 g/mol. The third kappa shape index (κ3) is 2.73. The van der Waals surface area contributed by atoms with Crippen LogP contribution in [-0.4, -0.2) is 27.9 Å². The van der Waals surface area contributed by atoms with Gasteiger partial charge in [0.15, 0.2) is 0 Å². The molecule has 2 aliphatic rings. The molecule has 2 aliphatic carbocycles. The van der Waals surface area contributed by atoms with Gasteiger partial charge >= 0.3 is 5.97 Å². The van der Waals surface area contributed by atoms with E-state index in [9.17, 15) is 14.7 Å². The molecule has 3 rings (SSSR count). The molecule has 1 aromatic rings. The first-order valence-corrected chi connectivity index (χ1v) is 8.15. The molecule has 2 atom stereocenters. The van der Waals surface area contributed by atoms with Gasteiger partial charge < -0.3 is 10.0 Å². The van der Waals surface area contributed by atoms with Crippen LogP contribution in [0, 0.1) is 11.8 Å². The number of rotatable bonds is 5. The van der Waals surface area contributed by atoms with E-state index in [1.807, 2.05) is 16.3 Å². The monoisotopic (exact) mass is 293 g/mol. The Morgan fingerprint density at radius 1 is 1.25 bits per heavy atom. The highest BCUT2D eigenvalue weighted by atomic mass is 32.1. The van der Waals surface area contributed by atoms with Crippen LogP contribution in [0.15, 0.2) is 16.8 Å². The largest absolute Gasteiger partial charge is 0.481 e. The molecule has 0 radical (unpaired) electrons. The number of carboxylic acids is 1. The van der Waals surface area contributed by atoms with Crippen LogP contribution in [0.2, 0.25) is 0 Å². The Balaban J connectivity index is 1.73. The molecule has 0 unspecified atom stereocenters. The normalized spacial score (nSPS) is 25.6. The lowest BCUT2D eigenvalue weighted by molar-refractivity contribution is -0.149. The summed E-state index contributed by atoms with van der Waals surface area (Å²) in [6.07, 6.45) is 4.33. The summed E-state index contributed by atoms with van der Waals surface area (Å²) >= 11 is 1.63. The van der Waals surface area contributed by atoms with Crippen LogP contribution in [0.3, 0.4) is 0 Å². The number of aliphatic carboxylic acids is 1. The molecular weight excluding hydrogens is 274 g/mol. The first-order valence-electron chi connectivity index (χ1n) is 7.21. The number of carbonyl (C=O) groups is 2. The molecule has 20 heavy (non-hydrogen) atoms. The smallest absolute Gasteiger partial charge is 0.307 e. The average Bonchev–Trinajstić information content (AvgIpc) is 2.95. The van der Waals surface area contributed by atoms with Crippen molar-refractivity contribution in [3.05, 3.63) is 22.4 Å². The van der Waals surface area contributed by atoms with Gasteiger partial charge in [0.05, 0.1) is 11.8 Å². The fourth-order valence-electron chi connectivity index (χ4n) is 3.12. The summed E-state index contributed by atoms with van der Waals surface area (Å²) in [6.45, 7) is 0.635. The van der Waals surface area contributed by atoms with Crippen LogP contribution in [-0.2, 0) is 16.1 Å². The Morgan fingerprint density at radius 3 is 2.60 bits per heavy atom. The van der Waals surface area contributed by atoms with Gasteiger partial charge in [0.1, 0.15) is 0 Å². The van der Waals surface area contributed by atoms with Gasteiger partial charge in [-0.2, -0.15) is 11.3 Å². The van der Waals surface area contributed by atoms with E-state index in [4.69, 9.17) is 0 Å². The van der Waals surface area contributed by atoms with E-state index in [1.54, 1.807) is 11.3 Å². The number of thiophene rings is 1. The van der Waals surface area contributed by atoms with E-state index in [0.29, 0.717) is 19.0 Å². The molecular formula is C15H19NO3S. The SMILES string of the molecule is O=C(O)[C@H]1CCC[C@H]1C(=O)N(Cc1ccsc1)C1CC1. The highest BCUT2D eigenvalue weighted by Gasteiger charge is 2.43. The number of nitrogens with zero attached hydrogens (tertiary/aromatic N) is 1. The Bertz CT molecular complexity index is 495. The third-order valence-corrected chi connectivity index (χ3v) is 5.09. The van der Waals surface area contributed by atoms with Crippen molar-refractivity contribution in [2.45, 2.75) is 44.7 Å². The second-order valence-electron chi connectivity index (χ2n) is 5.81. The molecule has 0 spiro atoms. The molecule has 4 nitrogen and oxygen atoms in total. The molecule has 1 amide bonds. The summed E-state index contributed by atoms with van der Waals surface area (Å²) in [7, 11) is 0. The summed E-state index contributed by atoms with van der Waals surface area (Å²) in [5.74, 6) is -1.55. The molecule has 1 N–H and O–H groups in total. The number of hydrogen-bond acceptors (Lipinski definition) is 3. The van der Waals surface area contributed by atoms with E-state index in [2.05, 4.69) is 5.38 Å². The highest BCUT2D eigenvalue weighted by Crippen LogP contribution is 2.37. The minimum absolute atomic E-state index is 0.0589. The molecule has 1 aromatic heterocycles.